The lowest BCUT2D eigenvalue weighted by atomic mass is 9.99. The van der Waals surface area contributed by atoms with E-state index in [4.69, 9.17) is 0 Å². The van der Waals surface area contributed by atoms with E-state index >= 15 is 0 Å². The Bertz CT molecular complexity index is 502. The van der Waals surface area contributed by atoms with Crippen LogP contribution in [0.4, 0.5) is 5.69 Å². The highest BCUT2D eigenvalue weighted by Gasteiger charge is 2.22. The third kappa shape index (κ3) is 2.31. The third-order valence-electron chi connectivity index (χ3n) is 2.92. The molecule has 0 fully saturated rings. The first-order valence-corrected chi connectivity index (χ1v) is 5.99. The van der Waals surface area contributed by atoms with Crippen molar-refractivity contribution in [1.82, 2.24) is 4.90 Å². The molecule has 0 bridgehead atoms. The number of nitro groups is 1. The van der Waals surface area contributed by atoms with E-state index in [2.05, 4.69) is 15.9 Å². The number of halogens is 1. The van der Waals surface area contributed by atoms with Crippen molar-refractivity contribution < 1.29 is 9.72 Å². The molecule has 2 rings (SSSR count). The number of nitro benzene ring substituents is 1. The fraction of sp³-hybridized carbons (Fsp3) is 0.364. The molecule has 1 aliphatic rings. The monoisotopic (exact) mass is 298 g/mol. The number of fused-ring (bicyclic) bond motifs is 1. The van der Waals surface area contributed by atoms with Crippen LogP contribution in [0.3, 0.4) is 0 Å². The van der Waals surface area contributed by atoms with Gasteiger partial charge in [-0.3, -0.25) is 14.9 Å². The first-order valence-electron chi connectivity index (χ1n) is 5.20. The summed E-state index contributed by atoms with van der Waals surface area (Å²) in [6.45, 7) is 2.69. The lowest BCUT2D eigenvalue weighted by Gasteiger charge is -2.27. The van der Waals surface area contributed by atoms with E-state index in [0.29, 0.717) is 24.0 Å². The highest BCUT2D eigenvalue weighted by atomic mass is 79.9. The smallest absolute Gasteiger partial charge is 0.283 e. The molecule has 6 heteroatoms. The molecule has 90 valence electrons. The number of amides is 1. The van der Waals surface area contributed by atoms with Crippen LogP contribution in [0.25, 0.3) is 0 Å². The fourth-order valence-corrected chi connectivity index (χ4v) is 2.51. The summed E-state index contributed by atoms with van der Waals surface area (Å²) < 4.78 is 0.464. The van der Waals surface area contributed by atoms with E-state index in [-0.39, 0.29) is 11.6 Å². The molecule has 0 N–H and O–H groups in total. The Morgan fingerprint density at radius 1 is 1.47 bits per heavy atom. The molecule has 0 unspecified atom stereocenters. The van der Waals surface area contributed by atoms with Crippen molar-refractivity contribution in [2.45, 2.75) is 19.9 Å². The molecule has 0 aromatic heterocycles. The summed E-state index contributed by atoms with van der Waals surface area (Å²) in [6.07, 6.45) is 0.670. The Hall–Kier alpha value is -1.43. The van der Waals surface area contributed by atoms with Gasteiger partial charge in [-0.25, -0.2) is 0 Å². The summed E-state index contributed by atoms with van der Waals surface area (Å²) in [4.78, 5) is 23.4. The predicted molar refractivity (Wildman–Crippen MR) is 65.6 cm³/mol. The first kappa shape index (κ1) is 12.0. The topological polar surface area (TPSA) is 63.5 Å². The number of hydrogen-bond donors (Lipinski definition) is 0. The van der Waals surface area contributed by atoms with Gasteiger partial charge < -0.3 is 4.90 Å². The molecule has 0 radical (unpaired) electrons. The lowest BCUT2D eigenvalue weighted by molar-refractivity contribution is -0.385. The fourth-order valence-electron chi connectivity index (χ4n) is 1.97. The quantitative estimate of drug-likeness (QED) is 0.590. The van der Waals surface area contributed by atoms with Crippen LogP contribution in [0, 0.1) is 10.1 Å². The Labute approximate surface area is 107 Å². The summed E-state index contributed by atoms with van der Waals surface area (Å²) in [5, 5.41) is 10.8. The van der Waals surface area contributed by atoms with Crippen molar-refractivity contribution >= 4 is 27.5 Å². The standard InChI is InChI=1S/C11H11BrN2O3/c1-7(15)13-3-2-8-5-11(14(16)17)10(12)4-9(8)6-13/h4-5H,2-3,6H2,1H3. The van der Waals surface area contributed by atoms with Gasteiger partial charge >= 0.3 is 0 Å². The van der Waals surface area contributed by atoms with E-state index in [9.17, 15) is 14.9 Å². The van der Waals surface area contributed by atoms with Crippen LogP contribution in [0.1, 0.15) is 18.1 Å². The zero-order valence-corrected chi connectivity index (χ0v) is 10.9. The van der Waals surface area contributed by atoms with Crippen LogP contribution in [0.15, 0.2) is 16.6 Å². The van der Waals surface area contributed by atoms with Crippen molar-refractivity contribution in [2.24, 2.45) is 0 Å². The van der Waals surface area contributed by atoms with Crippen molar-refractivity contribution in [3.8, 4) is 0 Å². The number of hydrogen-bond acceptors (Lipinski definition) is 3. The average Bonchev–Trinajstić information content (AvgIpc) is 2.26. The summed E-state index contributed by atoms with van der Waals surface area (Å²) >= 11 is 3.19. The summed E-state index contributed by atoms with van der Waals surface area (Å²) in [7, 11) is 0. The SMILES string of the molecule is CC(=O)N1CCc2cc([N+](=O)[O-])c(Br)cc2C1. The highest BCUT2D eigenvalue weighted by Crippen LogP contribution is 2.31. The molecule has 0 saturated heterocycles. The zero-order chi connectivity index (χ0) is 12.6. The number of carbonyl (C=O) groups excluding carboxylic acids is 1. The molecule has 1 aliphatic heterocycles. The van der Waals surface area contributed by atoms with Gasteiger partial charge in [0.2, 0.25) is 5.91 Å². The molecule has 0 saturated carbocycles. The highest BCUT2D eigenvalue weighted by molar-refractivity contribution is 9.10. The molecule has 17 heavy (non-hydrogen) atoms. The van der Waals surface area contributed by atoms with Crippen LogP contribution in [-0.2, 0) is 17.8 Å². The van der Waals surface area contributed by atoms with Gasteiger partial charge in [-0.1, -0.05) is 0 Å². The molecule has 0 aliphatic carbocycles. The van der Waals surface area contributed by atoms with Crippen molar-refractivity contribution in [3.05, 3.63) is 37.8 Å². The van der Waals surface area contributed by atoms with Crippen LogP contribution in [0.5, 0.6) is 0 Å². The van der Waals surface area contributed by atoms with Crippen LogP contribution >= 0.6 is 15.9 Å². The van der Waals surface area contributed by atoms with E-state index in [1.807, 2.05) is 0 Å². The second-order valence-corrected chi connectivity index (χ2v) is 4.87. The van der Waals surface area contributed by atoms with Gasteiger partial charge in [0, 0.05) is 26.1 Å². The average molecular weight is 299 g/mol. The van der Waals surface area contributed by atoms with E-state index in [0.717, 1.165) is 11.1 Å². The van der Waals surface area contributed by atoms with Gasteiger partial charge in [0.25, 0.3) is 5.69 Å². The normalized spacial score (nSPS) is 14.4. The zero-order valence-electron chi connectivity index (χ0n) is 9.27. The van der Waals surface area contributed by atoms with Gasteiger partial charge in [0.1, 0.15) is 0 Å². The Morgan fingerprint density at radius 2 is 2.18 bits per heavy atom. The maximum Gasteiger partial charge on any atom is 0.283 e. The Morgan fingerprint density at radius 3 is 2.76 bits per heavy atom. The number of carbonyl (C=O) groups is 1. The van der Waals surface area contributed by atoms with E-state index in [1.54, 1.807) is 17.0 Å². The van der Waals surface area contributed by atoms with Gasteiger partial charge in [-0.15, -0.1) is 0 Å². The van der Waals surface area contributed by atoms with E-state index in [1.165, 1.54) is 6.92 Å². The summed E-state index contributed by atoms with van der Waals surface area (Å²) in [5.74, 6) is 0.0325. The van der Waals surface area contributed by atoms with E-state index < -0.39 is 4.92 Å². The molecule has 1 aromatic carbocycles. The lowest BCUT2D eigenvalue weighted by Crippen LogP contribution is -2.34. The Balaban J connectivity index is 2.38. The molecular formula is C11H11BrN2O3. The van der Waals surface area contributed by atoms with Crippen LogP contribution < -0.4 is 0 Å². The molecule has 0 atom stereocenters. The summed E-state index contributed by atoms with van der Waals surface area (Å²) in [5.41, 5.74) is 2.02. The van der Waals surface area contributed by atoms with Crippen LogP contribution in [0.2, 0.25) is 0 Å². The first-order chi connectivity index (χ1) is 7.99. The molecule has 5 nitrogen and oxygen atoms in total. The molecule has 1 amide bonds. The summed E-state index contributed by atoms with van der Waals surface area (Å²) in [6, 6.07) is 3.33. The number of rotatable bonds is 1. The van der Waals surface area contributed by atoms with Crippen molar-refractivity contribution in [2.75, 3.05) is 6.54 Å². The van der Waals surface area contributed by atoms with Gasteiger partial charge in [-0.2, -0.15) is 0 Å². The van der Waals surface area contributed by atoms with Crippen LogP contribution in [-0.4, -0.2) is 22.3 Å². The maximum absolute atomic E-state index is 11.3. The third-order valence-corrected chi connectivity index (χ3v) is 3.56. The van der Waals surface area contributed by atoms with Crippen molar-refractivity contribution in [1.29, 1.82) is 0 Å². The minimum Gasteiger partial charge on any atom is -0.338 e. The maximum atomic E-state index is 11.3. The van der Waals surface area contributed by atoms with Gasteiger partial charge in [0.15, 0.2) is 0 Å². The molecule has 1 heterocycles. The minimum absolute atomic E-state index is 0.0325. The molecule has 1 aromatic rings. The molecular weight excluding hydrogens is 288 g/mol. The van der Waals surface area contributed by atoms with Gasteiger partial charge in [-0.05, 0) is 39.5 Å². The Kier molecular flexibility index (Phi) is 3.15. The second kappa shape index (κ2) is 4.44. The number of nitrogens with zero attached hydrogens (tertiary/aromatic N) is 2. The van der Waals surface area contributed by atoms with Crippen molar-refractivity contribution in [3.63, 3.8) is 0 Å². The second-order valence-electron chi connectivity index (χ2n) is 4.02. The minimum atomic E-state index is -0.401. The van der Waals surface area contributed by atoms with Gasteiger partial charge in [0.05, 0.1) is 9.40 Å². The predicted octanol–water partition coefficient (Wildman–Crippen LogP) is 2.26. The largest absolute Gasteiger partial charge is 0.338 e. The number of benzene rings is 1. The molecule has 0 spiro atoms.